The molecule has 1 heterocycles. The van der Waals surface area contributed by atoms with Crippen LogP contribution in [0.25, 0.3) is 0 Å². The molecule has 0 radical (unpaired) electrons. The Morgan fingerprint density at radius 2 is 2.20 bits per heavy atom. The lowest BCUT2D eigenvalue weighted by atomic mass is 9.79. The number of aliphatic hydroxyl groups excluding tert-OH is 1. The SMILES string of the molecule is CC1CCC(n2cc(CO)cn2)CC1C. The van der Waals surface area contributed by atoms with Gasteiger partial charge in [-0.25, -0.2) is 0 Å². The van der Waals surface area contributed by atoms with Crippen molar-refractivity contribution in [3.05, 3.63) is 18.0 Å². The number of aliphatic hydroxyl groups is 1. The molecule has 3 atom stereocenters. The fourth-order valence-corrected chi connectivity index (χ4v) is 2.42. The Balaban J connectivity index is 2.05. The zero-order valence-electron chi connectivity index (χ0n) is 9.56. The van der Waals surface area contributed by atoms with E-state index >= 15 is 0 Å². The molecule has 84 valence electrons. The fraction of sp³-hybridized carbons (Fsp3) is 0.750. The molecule has 3 unspecified atom stereocenters. The monoisotopic (exact) mass is 208 g/mol. The van der Waals surface area contributed by atoms with Crippen molar-refractivity contribution in [1.29, 1.82) is 0 Å². The van der Waals surface area contributed by atoms with Crippen molar-refractivity contribution in [2.24, 2.45) is 11.8 Å². The van der Waals surface area contributed by atoms with E-state index in [0.29, 0.717) is 6.04 Å². The van der Waals surface area contributed by atoms with Gasteiger partial charge in [0.15, 0.2) is 0 Å². The molecule has 0 saturated heterocycles. The van der Waals surface area contributed by atoms with Gasteiger partial charge in [-0.3, -0.25) is 4.68 Å². The van der Waals surface area contributed by atoms with Gasteiger partial charge in [-0.05, 0) is 31.1 Å². The van der Waals surface area contributed by atoms with E-state index in [9.17, 15) is 0 Å². The van der Waals surface area contributed by atoms with Crippen molar-refractivity contribution in [2.75, 3.05) is 0 Å². The Morgan fingerprint density at radius 3 is 2.80 bits per heavy atom. The van der Waals surface area contributed by atoms with E-state index in [1.807, 2.05) is 10.9 Å². The van der Waals surface area contributed by atoms with Crippen molar-refractivity contribution in [3.8, 4) is 0 Å². The minimum absolute atomic E-state index is 0.0959. The first-order valence-electron chi connectivity index (χ1n) is 5.84. The van der Waals surface area contributed by atoms with Crippen LogP contribution in [-0.4, -0.2) is 14.9 Å². The van der Waals surface area contributed by atoms with E-state index in [4.69, 9.17) is 5.11 Å². The van der Waals surface area contributed by atoms with Crippen molar-refractivity contribution in [2.45, 2.75) is 45.8 Å². The number of hydrogen-bond donors (Lipinski definition) is 1. The van der Waals surface area contributed by atoms with Crippen molar-refractivity contribution in [3.63, 3.8) is 0 Å². The van der Waals surface area contributed by atoms with Gasteiger partial charge in [0.1, 0.15) is 0 Å². The van der Waals surface area contributed by atoms with Crippen molar-refractivity contribution >= 4 is 0 Å². The van der Waals surface area contributed by atoms with Crippen LogP contribution in [-0.2, 0) is 6.61 Å². The number of nitrogens with zero attached hydrogens (tertiary/aromatic N) is 2. The predicted molar refractivity (Wildman–Crippen MR) is 59.4 cm³/mol. The van der Waals surface area contributed by atoms with E-state index in [1.54, 1.807) is 6.20 Å². The van der Waals surface area contributed by atoms with Crippen LogP contribution in [0.5, 0.6) is 0 Å². The third-order valence-corrected chi connectivity index (χ3v) is 3.78. The van der Waals surface area contributed by atoms with Gasteiger partial charge in [-0.1, -0.05) is 13.8 Å². The number of hydrogen-bond acceptors (Lipinski definition) is 2. The molecule has 1 saturated carbocycles. The van der Waals surface area contributed by atoms with Crippen LogP contribution >= 0.6 is 0 Å². The lowest BCUT2D eigenvalue weighted by Gasteiger charge is -2.32. The second kappa shape index (κ2) is 4.35. The predicted octanol–water partition coefficient (Wildman–Crippen LogP) is 2.37. The summed E-state index contributed by atoms with van der Waals surface area (Å²) in [5.41, 5.74) is 0.918. The lowest BCUT2D eigenvalue weighted by molar-refractivity contribution is 0.200. The van der Waals surface area contributed by atoms with Crippen LogP contribution in [0, 0.1) is 11.8 Å². The molecule has 1 aliphatic carbocycles. The minimum atomic E-state index is 0.0959. The summed E-state index contributed by atoms with van der Waals surface area (Å²) < 4.78 is 2.04. The summed E-state index contributed by atoms with van der Waals surface area (Å²) in [4.78, 5) is 0. The van der Waals surface area contributed by atoms with Crippen LogP contribution in [0.15, 0.2) is 12.4 Å². The summed E-state index contributed by atoms with van der Waals surface area (Å²) in [6.45, 7) is 4.76. The summed E-state index contributed by atoms with van der Waals surface area (Å²) in [5.74, 6) is 1.62. The average molecular weight is 208 g/mol. The molecule has 0 amide bonds. The van der Waals surface area contributed by atoms with E-state index in [1.165, 1.54) is 19.3 Å². The van der Waals surface area contributed by atoms with Gasteiger partial charge in [0.05, 0.1) is 18.8 Å². The molecule has 15 heavy (non-hydrogen) atoms. The minimum Gasteiger partial charge on any atom is -0.392 e. The van der Waals surface area contributed by atoms with Crippen molar-refractivity contribution < 1.29 is 5.11 Å². The van der Waals surface area contributed by atoms with Gasteiger partial charge in [0, 0.05) is 11.8 Å². The molecule has 0 spiro atoms. The highest BCUT2D eigenvalue weighted by Crippen LogP contribution is 2.35. The summed E-state index contributed by atoms with van der Waals surface area (Å²) in [6.07, 6.45) is 7.47. The number of aromatic nitrogens is 2. The highest BCUT2D eigenvalue weighted by molar-refractivity contribution is 5.02. The Hall–Kier alpha value is -0.830. The molecule has 2 rings (SSSR count). The highest BCUT2D eigenvalue weighted by atomic mass is 16.3. The zero-order valence-corrected chi connectivity index (χ0v) is 9.56. The summed E-state index contributed by atoms with van der Waals surface area (Å²) in [5, 5.41) is 13.3. The molecular weight excluding hydrogens is 188 g/mol. The largest absolute Gasteiger partial charge is 0.392 e. The van der Waals surface area contributed by atoms with Crippen LogP contribution in [0.2, 0.25) is 0 Å². The number of rotatable bonds is 2. The second-order valence-electron chi connectivity index (χ2n) is 4.91. The third-order valence-electron chi connectivity index (χ3n) is 3.78. The molecule has 3 nitrogen and oxygen atoms in total. The summed E-state index contributed by atoms with van der Waals surface area (Å²) in [6, 6.07) is 0.538. The molecule has 0 aliphatic heterocycles. The molecule has 0 aromatic carbocycles. The molecule has 1 N–H and O–H groups in total. The quantitative estimate of drug-likeness (QED) is 0.810. The summed E-state index contributed by atoms with van der Waals surface area (Å²) >= 11 is 0. The van der Waals surface area contributed by atoms with Crippen LogP contribution in [0.3, 0.4) is 0 Å². The van der Waals surface area contributed by atoms with Gasteiger partial charge in [0.2, 0.25) is 0 Å². The third kappa shape index (κ3) is 2.23. The smallest absolute Gasteiger partial charge is 0.0712 e. The van der Waals surface area contributed by atoms with Crippen molar-refractivity contribution in [1.82, 2.24) is 9.78 Å². The maximum atomic E-state index is 8.99. The second-order valence-corrected chi connectivity index (χ2v) is 4.91. The summed E-state index contributed by atoms with van der Waals surface area (Å²) in [7, 11) is 0. The van der Waals surface area contributed by atoms with Crippen LogP contribution in [0.1, 0.15) is 44.7 Å². The van der Waals surface area contributed by atoms with Gasteiger partial charge < -0.3 is 5.11 Å². The maximum Gasteiger partial charge on any atom is 0.0712 e. The van der Waals surface area contributed by atoms with Crippen LogP contribution in [0.4, 0.5) is 0 Å². The normalized spacial score (nSPS) is 31.8. The first-order chi connectivity index (χ1) is 7.20. The Bertz CT molecular complexity index is 321. The van der Waals surface area contributed by atoms with E-state index in [2.05, 4.69) is 18.9 Å². The lowest BCUT2D eigenvalue weighted by Crippen LogP contribution is -2.23. The molecule has 0 bridgehead atoms. The highest BCUT2D eigenvalue weighted by Gasteiger charge is 2.25. The molecule has 1 aromatic heterocycles. The van der Waals surface area contributed by atoms with Crippen LogP contribution < -0.4 is 0 Å². The molecule has 1 aromatic rings. The first kappa shape index (κ1) is 10.7. The topological polar surface area (TPSA) is 38.0 Å². The van der Waals surface area contributed by atoms with Gasteiger partial charge in [-0.15, -0.1) is 0 Å². The average Bonchev–Trinajstić information content (AvgIpc) is 2.70. The standard InChI is InChI=1S/C12H20N2O/c1-9-3-4-12(5-10(9)2)14-7-11(8-15)6-13-14/h6-7,9-10,12,15H,3-5,8H2,1-2H3. The first-order valence-corrected chi connectivity index (χ1v) is 5.84. The van der Waals surface area contributed by atoms with Gasteiger partial charge in [0.25, 0.3) is 0 Å². The maximum absolute atomic E-state index is 8.99. The fourth-order valence-electron chi connectivity index (χ4n) is 2.42. The molecule has 3 heteroatoms. The zero-order chi connectivity index (χ0) is 10.8. The van der Waals surface area contributed by atoms with Gasteiger partial charge >= 0.3 is 0 Å². The molecule has 1 fully saturated rings. The molecule has 1 aliphatic rings. The Kier molecular flexibility index (Phi) is 3.10. The van der Waals surface area contributed by atoms with E-state index < -0.39 is 0 Å². The molecular formula is C12H20N2O. The Labute approximate surface area is 91.1 Å². The van der Waals surface area contributed by atoms with E-state index in [-0.39, 0.29) is 6.61 Å². The van der Waals surface area contributed by atoms with Gasteiger partial charge in [-0.2, -0.15) is 5.10 Å². The van der Waals surface area contributed by atoms with E-state index in [0.717, 1.165) is 17.4 Å². The Morgan fingerprint density at radius 1 is 1.40 bits per heavy atom.